The molecule has 0 radical (unpaired) electrons. The fourth-order valence-electron chi connectivity index (χ4n) is 2.23. The van der Waals surface area contributed by atoms with Gasteiger partial charge >= 0.3 is 11.9 Å². The Morgan fingerprint density at radius 3 is 2.37 bits per heavy atom. The van der Waals surface area contributed by atoms with Crippen molar-refractivity contribution in [2.24, 2.45) is 0 Å². The Morgan fingerprint density at radius 1 is 1.04 bits per heavy atom. The monoisotopic (exact) mass is 374 g/mol. The SMILES string of the molecule is COc1cc(C=CC(=O)O[C@H](Cc2ccc(O)c(O)c2)C(=O)O)ccc1O. The number of esters is 1. The van der Waals surface area contributed by atoms with Crippen LogP contribution in [0.3, 0.4) is 0 Å². The Hall–Kier alpha value is -3.68. The lowest BCUT2D eigenvalue weighted by molar-refractivity contribution is -0.160. The van der Waals surface area contributed by atoms with Gasteiger partial charge in [0.1, 0.15) is 0 Å². The van der Waals surface area contributed by atoms with E-state index in [0.29, 0.717) is 11.1 Å². The summed E-state index contributed by atoms with van der Waals surface area (Å²) in [6, 6.07) is 8.24. The second-order valence-electron chi connectivity index (χ2n) is 5.56. The minimum Gasteiger partial charge on any atom is -0.504 e. The van der Waals surface area contributed by atoms with Gasteiger partial charge in [0.15, 0.2) is 23.0 Å². The summed E-state index contributed by atoms with van der Waals surface area (Å²) in [5.74, 6) is -2.80. The zero-order chi connectivity index (χ0) is 20.0. The number of phenols is 3. The largest absolute Gasteiger partial charge is 0.504 e. The van der Waals surface area contributed by atoms with Gasteiger partial charge in [-0.15, -0.1) is 0 Å². The van der Waals surface area contributed by atoms with Crippen molar-refractivity contribution < 1.29 is 39.5 Å². The molecule has 1 atom stereocenters. The number of ether oxygens (including phenoxy) is 2. The van der Waals surface area contributed by atoms with E-state index in [4.69, 9.17) is 9.47 Å². The van der Waals surface area contributed by atoms with E-state index < -0.39 is 23.8 Å². The molecule has 2 rings (SSSR count). The first-order valence-electron chi connectivity index (χ1n) is 7.79. The van der Waals surface area contributed by atoms with E-state index >= 15 is 0 Å². The molecule has 8 nitrogen and oxygen atoms in total. The molecule has 0 unspecified atom stereocenters. The van der Waals surface area contributed by atoms with Crippen LogP contribution in [0.25, 0.3) is 6.08 Å². The van der Waals surface area contributed by atoms with Crippen LogP contribution < -0.4 is 4.74 Å². The number of aliphatic carboxylic acids is 1. The molecule has 0 fully saturated rings. The maximum Gasteiger partial charge on any atom is 0.345 e. The molecule has 0 spiro atoms. The fraction of sp³-hybridized carbons (Fsp3) is 0.158. The van der Waals surface area contributed by atoms with Crippen LogP contribution in [-0.2, 0) is 20.7 Å². The molecule has 0 aliphatic rings. The molecule has 0 bridgehead atoms. The predicted molar refractivity (Wildman–Crippen MR) is 94.7 cm³/mol. The maximum absolute atomic E-state index is 11.9. The molecule has 27 heavy (non-hydrogen) atoms. The zero-order valence-corrected chi connectivity index (χ0v) is 14.3. The Morgan fingerprint density at radius 2 is 1.74 bits per heavy atom. The predicted octanol–water partition coefficient (Wildman–Crippen LogP) is 2.06. The summed E-state index contributed by atoms with van der Waals surface area (Å²) in [5, 5.41) is 37.5. The summed E-state index contributed by atoms with van der Waals surface area (Å²) in [7, 11) is 1.38. The number of phenolic OH excluding ortho intramolecular Hbond substituents is 3. The Balaban J connectivity index is 2.06. The van der Waals surface area contributed by atoms with E-state index in [2.05, 4.69) is 0 Å². The van der Waals surface area contributed by atoms with Gasteiger partial charge in [0.25, 0.3) is 0 Å². The summed E-state index contributed by atoms with van der Waals surface area (Å²) >= 11 is 0. The highest BCUT2D eigenvalue weighted by molar-refractivity contribution is 5.89. The van der Waals surface area contributed by atoms with E-state index in [9.17, 15) is 30.0 Å². The number of methoxy groups -OCH3 is 1. The van der Waals surface area contributed by atoms with Crippen LogP contribution in [0.15, 0.2) is 42.5 Å². The molecule has 0 saturated heterocycles. The second kappa shape index (κ2) is 8.61. The van der Waals surface area contributed by atoms with Crippen LogP contribution in [0.4, 0.5) is 0 Å². The molecule has 0 aromatic heterocycles. The first-order valence-corrected chi connectivity index (χ1v) is 7.79. The minimum atomic E-state index is -1.47. The summed E-state index contributed by atoms with van der Waals surface area (Å²) in [4.78, 5) is 23.3. The molecule has 0 aliphatic heterocycles. The van der Waals surface area contributed by atoms with Crippen molar-refractivity contribution in [3.8, 4) is 23.0 Å². The van der Waals surface area contributed by atoms with Gasteiger partial charge in [-0.1, -0.05) is 12.1 Å². The van der Waals surface area contributed by atoms with E-state index in [-0.39, 0.29) is 23.7 Å². The molecule has 0 amide bonds. The lowest BCUT2D eigenvalue weighted by Crippen LogP contribution is -2.28. The molecule has 142 valence electrons. The number of aromatic hydroxyl groups is 3. The van der Waals surface area contributed by atoms with E-state index in [0.717, 1.165) is 6.08 Å². The Bertz CT molecular complexity index is 872. The van der Waals surface area contributed by atoms with E-state index in [1.807, 2.05) is 0 Å². The van der Waals surface area contributed by atoms with Gasteiger partial charge in [-0.3, -0.25) is 0 Å². The lowest BCUT2D eigenvalue weighted by Gasteiger charge is -2.13. The van der Waals surface area contributed by atoms with Gasteiger partial charge in [0.2, 0.25) is 6.10 Å². The molecule has 0 saturated carbocycles. The number of carboxylic acid groups (broad SMARTS) is 1. The first-order chi connectivity index (χ1) is 12.8. The fourth-order valence-corrected chi connectivity index (χ4v) is 2.23. The summed E-state index contributed by atoms with van der Waals surface area (Å²) in [6.45, 7) is 0. The average molecular weight is 374 g/mol. The van der Waals surface area contributed by atoms with Gasteiger partial charge in [-0.05, 0) is 41.5 Å². The number of carboxylic acids is 1. The van der Waals surface area contributed by atoms with Crippen molar-refractivity contribution in [1.82, 2.24) is 0 Å². The van der Waals surface area contributed by atoms with Gasteiger partial charge in [0.05, 0.1) is 7.11 Å². The summed E-state index contributed by atoms with van der Waals surface area (Å²) in [6.07, 6.45) is 0.780. The third-order valence-electron chi connectivity index (χ3n) is 3.61. The number of carbonyl (C=O) groups is 2. The standard InChI is InChI=1S/C19H18O8/c1-26-16-9-11(2-6-14(16)21)4-7-18(23)27-17(19(24)25)10-12-3-5-13(20)15(22)8-12/h2-9,17,20-22H,10H2,1H3,(H,24,25)/t17-/m1/s1. The van der Waals surface area contributed by atoms with Crippen molar-refractivity contribution in [2.45, 2.75) is 12.5 Å². The quantitative estimate of drug-likeness (QED) is 0.329. The van der Waals surface area contributed by atoms with Crippen LogP contribution in [0.2, 0.25) is 0 Å². The smallest absolute Gasteiger partial charge is 0.345 e. The highest BCUT2D eigenvalue weighted by Crippen LogP contribution is 2.27. The number of carbonyl (C=O) groups excluding carboxylic acids is 1. The molecule has 0 heterocycles. The van der Waals surface area contributed by atoms with Crippen LogP contribution in [0.5, 0.6) is 23.0 Å². The maximum atomic E-state index is 11.9. The minimum absolute atomic E-state index is 0.0553. The molecule has 2 aromatic rings. The summed E-state index contributed by atoms with van der Waals surface area (Å²) < 4.78 is 9.89. The molecular weight excluding hydrogens is 356 g/mol. The Kier molecular flexibility index (Phi) is 6.27. The van der Waals surface area contributed by atoms with Crippen molar-refractivity contribution in [3.05, 3.63) is 53.6 Å². The molecule has 2 aromatic carbocycles. The number of hydrogen-bond donors (Lipinski definition) is 4. The topological polar surface area (TPSA) is 134 Å². The van der Waals surface area contributed by atoms with Crippen molar-refractivity contribution >= 4 is 18.0 Å². The molecule has 0 aliphatic carbocycles. The van der Waals surface area contributed by atoms with Crippen molar-refractivity contribution in [1.29, 1.82) is 0 Å². The van der Waals surface area contributed by atoms with Crippen LogP contribution in [0, 0.1) is 0 Å². The highest BCUT2D eigenvalue weighted by Gasteiger charge is 2.22. The van der Waals surface area contributed by atoms with Gasteiger partial charge in [-0.25, -0.2) is 9.59 Å². The lowest BCUT2D eigenvalue weighted by atomic mass is 10.1. The van der Waals surface area contributed by atoms with Gasteiger partial charge < -0.3 is 29.9 Å². The van der Waals surface area contributed by atoms with E-state index in [1.54, 1.807) is 0 Å². The van der Waals surface area contributed by atoms with Gasteiger partial charge in [0, 0.05) is 12.5 Å². The van der Waals surface area contributed by atoms with Crippen LogP contribution >= 0.6 is 0 Å². The van der Waals surface area contributed by atoms with Gasteiger partial charge in [-0.2, -0.15) is 0 Å². The highest BCUT2D eigenvalue weighted by atomic mass is 16.6. The van der Waals surface area contributed by atoms with E-state index in [1.165, 1.54) is 49.6 Å². The Labute approximate surface area is 154 Å². The normalized spacial score (nSPS) is 11.9. The van der Waals surface area contributed by atoms with Crippen molar-refractivity contribution in [3.63, 3.8) is 0 Å². The zero-order valence-electron chi connectivity index (χ0n) is 14.3. The molecule has 4 N–H and O–H groups in total. The third kappa shape index (κ3) is 5.40. The summed E-state index contributed by atoms with van der Waals surface area (Å²) in [5.41, 5.74) is 0.912. The van der Waals surface area contributed by atoms with Crippen molar-refractivity contribution in [2.75, 3.05) is 7.11 Å². The number of benzene rings is 2. The van der Waals surface area contributed by atoms with Crippen LogP contribution in [-0.4, -0.2) is 45.6 Å². The average Bonchev–Trinajstić information content (AvgIpc) is 2.63. The second-order valence-corrected chi connectivity index (χ2v) is 5.56. The number of rotatable bonds is 7. The van der Waals surface area contributed by atoms with Crippen LogP contribution in [0.1, 0.15) is 11.1 Å². The molecular formula is C19H18O8. The first kappa shape index (κ1) is 19.6. The number of hydrogen-bond acceptors (Lipinski definition) is 7. The molecule has 8 heteroatoms. The third-order valence-corrected chi connectivity index (χ3v) is 3.61.